The molecule has 1 aliphatic carbocycles. The Balaban J connectivity index is 2.03. The molecule has 0 spiro atoms. The van der Waals surface area contributed by atoms with Crippen LogP contribution in [0.3, 0.4) is 0 Å². The molecule has 0 N–H and O–H groups in total. The number of rotatable bonds is 3. The number of ether oxygens (including phenoxy) is 1. The Morgan fingerprint density at radius 1 is 1.43 bits per heavy atom. The summed E-state index contributed by atoms with van der Waals surface area (Å²) in [5.74, 6) is 1.80. The first kappa shape index (κ1) is 9.91. The molecule has 0 bridgehead atoms. The normalized spacial score (nSPS) is 41.9. The number of carbonyl (C=O) groups excluding carboxylic acids is 1. The Bertz CT molecular complexity index is 253. The van der Waals surface area contributed by atoms with Crippen LogP contribution in [-0.4, -0.2) is 18.5 Å². The van der Waals surface area contributed by atoms with Crippen molar-refractivity contribution in [2.24, 2.45) is 17.8 Å². The van der Waals surface area contributed by atoms with Crippen LogP contribution in [0.1, 0.15) is 26.7 Å². The van der Waals surface area contributed by atoms with Crippen LogP contribution in [0.2, 0.25) is 0 Å². The molecular weight excluding hydrogens is 176 g/mol. The van der Waals surface area contributed by atoms with Crippen molar-refractivity contribution in [2.45, 2.75) is 32.8 Å². The van der Waals surface area contributed by atoms with Gasteiger partial charge in [0.2, 0.25) is 0 Å². The fourth-order valence-corrected chi connectivity index (χ4v) is 2.63. The maximum Gasteiger partial charge on any atom is 0.132 e. The zero-order chi connectivity index (χ0) is 10.1. The Labute approximate surface area is 85.3 Å². The van der Waals surface area contributed by atoms with Crippen molar-refractivity contribution in [2.75, 3.05) is 6.61 Å². The molecule has 2 rings (SSSR count). The van der Waals surface area contributed by atoms with Gasteiger partial charge in [-0.3, -0.25) is 4.79 Å². The first-order chi connectivity index (χ1) is 6.72. The van der Waals surface area contributed by atoms with E-state index in [-0.39, 0.29) is 5.92 Å². The van der Waals surface area contributed by atoms with Gasteiger partial charge in [0.15, 0.2) is 0 Å². The Hall–Kier alpha value is -0.630. The van der Waals surface area contributed by atoms with Gasteiger partial charge in [-0.15, -0.1) is 0 Å². The average molecular weight is 194 g/mol. The number of hydrogen-bond donors (Lipinski definition) is 0. The first-order valence-electron chi connectivity index (χ1n) is 5.47. The van der Waals surface area contributed by atoms with Gasteiger partial charge in [0, 0.05) is 5.92 Å². The molecule has 0 radical (unpaired) electrons. The van der Waals surface area contributed by atoms with Gasteiger partial charge in [-0.2, -0.15) is 0 Å². The molecule has 1 unspecified atom stereocenters. The highest BCUT2D eigenvalue weighted by Gasteiger charge is 2.44. The summed E-state index contributed by atoms with van der Waals surface area (Å²) in [5.41, 5.74) is 0. The fraction of sp³-hybridized carbons (Fsp3) is 0.750. The lowest BCUT2D eigenvalue weighted by atomic mass is 9.93. The molecule has 2 nitrogen and oxygen atoms in total. The van der Waals surface area contributed by atoms with Gasteiger partial charge in [0.25, 0.3) is 0 Å². The largest absolute Gasteiger partial charge is 0.373 e. The van der Waals surface area contributed by atoms with Crippen LogP contribution in [0.15, 0.2) is 12.2 Å². The molecule has 4 atom stereocenters. The molecular formula is C12H18O2. The maximum absolute atomic E-state index is 11.3. The van der Waals surface area contributed by atoms with Gasteiger partial charge in [-0.1, -0.05) is 12.2 Å². The van der Waals surface area contributed by atoms with Crippen LogP contribution in [0.25, 0.3) is 0 Å². The number of allylic oxidation sites excluding steroid dienone is 2. The van der Waals surface area contributed by atoms with Crippen molar-refractivity contribution < 1.29 is 9.53 Å². The molecule has 1 aliphatic heterocycles. The second-order valence-corrected chi connectivity index (χ2v) is 4.50. The predicted octanol–water partition coefficient (Wildman–Crippen LogP) is 2.19. The Morgan fingerprint density at radius 2 is 2.14 bits per heavy atom. The number of epoxide rings is 1. The Kier molecular flexibility index (Phi) is 2.73. The molecule has 2 heteroatoms. The lowest BCUT2D eigenvalue weighted by molar-refractivity contribution is -0.120. The minimum Gasteiger partial charge on any atom is -0.373 e. The molecule has 0 aromatic heterocycles. The molecule has 0 aromatic rings. The van der Waals surface area contributed by atoms with Gasteiger partial charge in [-0.05, 0) is 38.5 Å². The lowest BCUT2D eigenvalue weighted by Crippen LogP contribution is -2.12. The van der Waals surface area contributed by atoms with Crippen LogP contribution in [0.4, 0.5) is 0 Å². The zero-order valence-electron chi connectivity index (χ0n) is 8.90. The second-order valence-electron chi connectivity index (χ2n) is 4.50. The van der Waals surface area contributed by atoms with E-state index in [2.05, 4.69) is 12.2 Å². The van der Waals surface area contributed by atoms with E-state index in [4.69, 9.17) is 4.74 Å². The third kappa shape index (κ3) is 1.90. The van der Waals surface area contributed by atoms with E-state index in [9.17, 15) is 4.79 Å². The van der Waals surface area contributed by atoms with Crippen LogP contribution in [0, 0.1) is 17.8 Å². The lowest BCUT2D eigenvalue weighted by Gasteiger charge is -2.12. The van der Waals surface area contributed by atoms with E-state index in [1.807, 2.05) is 6.92 Å². The van der Waals surface area contributed by atoms with E-state index in [1.54, 1.807) is 6.92 Å². The summed E-state index contributed by atoms with van der Waals surface area (Å²) in [6, 6.07) is 0. The summed E-state index contributed by atoms with van der Waals surface area (Å²) in [6.07, 6.45) is 6.86. The molecule has 78 valence electrons. The van der Waals surface area contributed by atoms with Gasteiger partial charge in [0.05, 0.1) is 12.7 Å². The summed E-state index contributed by atoms with van der Waals surface area (Å²) in [5, 5.41) is 0. The highest BCUT2D eigenvalue weighted by atomic mass is 16.6. The van der Waals surface area contributed by atoms with Gasteiger partial charge < -0.3 is 4.74 Å². The van der Waals surface area contributed by atoms with E-state index in [0.717, 1.165) is 19.4 Å². The van der Waals surface area contributed by atoms with Crippen molar-refractivity contribution in [1.29, 1.82) is 0 Å². The third-order valence-corrected chi connectivity index (χ3v) is 3.51. The maximum atomic E-state index is 11.3. The third-order valence-electron chi connectivity index (χ3n) is 3.51. The van der Waals surface area contributed by atoms with Crippen molar-refractivity contribution in [3.63, 3.8) is 0 Å². The molecule has 0 amide bonds. The molecule has 1 saturated carbocycles. The van der Waals surface area contributed by atoms with E-state index in [0.29, 0.717) is 23.7 Å². The van der Waals surface area contributed by atoms with Crippen molar-refractivity contribution in [1.82, 2.24) is 0 Å². The smallest absolute Gasteiger partial charge is 0.132 e. The van der Waals surface area contributed by atoms with E-state index in [1.165, 1.54) is 0 Å². The standard InChI is InChI=1S/C12H18O2/c1-3-4-9-5-10(8(2)13)6-11(9)12-7-14-12/h3-4,9-12H,5-7H2,1-2H3/b4-3-/t9-,10+,11-,12?/m1/s1. The quantitative estimate of drug-likeness (QED) is 0.509. The number of ketones is 1. The van der Waals surface area contributed by atoms with Crippen molar-refractivity contribution in [3.8, 4) is 0 Å². The van der Waals surface area contributed by atoms with E-state index < -0.39 is 0 Å². The van der Waals surface area contributed by atoms with Crippen molar-refractivity contribution in [3.05, 3.63) is 12.2 Å². The molecule has 0 aromatic carbocycles. The monoisotopic (exact) mass is 194 g/mol. The van der Waals surface area contributed by atoms with Crippen molar-refractivity contribution >= 4 is 5.78 Å². The summed E-state index contributed by atoms with van der Waals surface area (Å²) in [7, 11) is 0. The summed E-state index contributed by atoms with van der Waals surface area (Å²) in [6.45, 7) is 4.67. The molecule has 2 aliphatic rings. The van der Waals surface area contributed by atoms with Crippen LogP contribution < -0.4 is 0 Å². The first-order valence-corrected chi connectivity index (χ1v) is 5.47. The van der Waals surface area contributed by atoms with Gasteiger partial charge >= 0.3 is 0 Å². The summed E-state index contributed by atoms with van der Waals surface area (Å²) < 4.78 is 5.35. The van der Waals surface area contributed by atoms with Crippen LogP contribution in [0.5, 0.6) is 0 Å². The number of Topliss-reactive ketones (excluding diaryl/α,β-unsaturated/α-hetero) is 1. The number of hydrogen-bond acceptors (Lipinski definition) is 2. The van der Waals surface area contributed by atoms with Gasteiger partial charge in [0.1, 0.15) is 5.78 Å². The van der Waals surface area contributed by atoms with E-state index >= 15 is 0 Å². The highest BCUT2D eigenvalue weighted by molar-refractivity contribution is 5.78. The van der Waals surface area contributed by atoms with Crippen LogP contribution >= 0.6 is 0 Å². The average Bonchev–Trinajstić information content (AvgIpc) is 2.89. The number of carbonyl (C=O) groups is 1. The van der Waals surface area contributed by atoms with Gasteiger partial charge in [-0.25, -0.2) is 0 Å². The fourth-order valence-electron chi connectivity index (χ4n) is 2.63. The zero-order valence-corrected chi connectivity index (χ0v) is 8.90. The molecule has 2 fully saturated rings. The topological polar surface area (TPSA) is 29.6 Å². The summed E-state index contributed by atoms with van der Waals surface area (Å²) in [4.78, 5) is 11.3. The Morgan fingerprint density at radius 3 is 2.64 bits per heavy atom. The summed E-state index contributed by atoms with van der Waals surface area (Å²) >= 11 is 0. The minimum atomic E-state index is 0.283. The minimum absolute atomic E-state index is 0.283. The molecule has 14 heavy (non-hydrogen) atoms. The second kappa shape index (κ2) is 3.85. The van der Waals surface area contributed by atoms with Crippen LogP contribution in [-0.2, 0) is 9.53 Å². The molecule has 1 heterocycles. The molecule has 1 saturated heterocycles. The SMILES string of the molecule is C/C=C\[C@@H]1C[C@H](C(C)=O)C[C@H]1C1CO1. The highest BCUT2D eigenvalue weighted by Crippen LogP contribution is 2.43. The predicted molar refractivity (Wildman–Crippen MR) is 54.9 cm³/mol.